The molecule has 0 spiro atoms. The average molecular weight is 566 g/mol. The van der Waals surface area contributed by atoms with Gasteiger partial charge in [0.2, 0.25) is 11.8 Å². The lowest BCUT2D eigenvalue weighted by atomic mass is 9.70. The quantitative estimate of drug-likeness (QED) is 0.478. The minimum absolute atomic E-state index is 0.0876. The third kappa shape index (κ3) is 3.48. The van der Waals surface area contributed by atoms with Gasteiger partial charge in [-0.15, -0.1) is 0 Å². The molecule has 8 heteroatoms. The highest BCUT2D eigenvalue weighted by Crippen LogP contribution is 2.71. The number of pyridine rings is 1. The lowest BCUT2D eigenvalue weighted by molar-refractivity contribution is -0.176. The Kier molecular flexibility index (Phi) is 6.01. The van der Waals surface area contributed by atoms with Crippen LogP contribution in [0.25, 0.3) is 0 Å². The highest BCUT2D eigenvalue weighted by Gasteiger charge is 2.78. The standard InChI is InChI=1S/C34H35N3O5/c1-39-28-18-27-30-32(36-28)41-17-16-40-31-26(20-37-24-8-5-9-25(37)15-14-24)29(22-6-3-2-4-7-22)34(42-27,33(30,31)38)23-12-10-21(19-35)11-13-23/h2-4,6-7,10-13,18,24-26,29,31,38H,5,8-9,14-17,20H2,1H3/t24-,25+,26-,29-,31-,33+,34+/m1/s1. The zero-order valence-electron chi connectivity index (χ0n) is 23.7. The molecule has 0 amide bonds. The number of piperidine rings is 1. The molecular weight excluding hydrogens is 530 g/mol. The van der Waals surface area contributed by atoms with Crippen molar-refractivity contribution >= 4 is 0 Å². The van der Waals surface area contributed by atoms with Crippen LogP contribution >= 0.6 is 0 Å². The minimum atomic E-state index is -1.62. The van der Waals surface area contributed by atoms with E-state index >= 15 is 0 Å². The number of ether oxygens (including phenoxy) is 4. The van der Waals surface area contributed by atoms with Gasteiger partial charge in [0.1, 0.15) is 18.5 Å². The Morgan fingerprint density at radius 2 is 1.81 bits per heavy atom. The molecule has 4 aliphatic heterocycles. The fraction of sp³-hybridized carbons (Fsp3) is 0.471. The molecule has 2 bridgehead atoms. The second kappa shape index (κ2) is 9.70. The third-order valence-electron chi connectivity index (χ3n) is 10.5. The van der Waals surface area contributed by atoms with Crippen molar-refractivity contribution < 1.29 is 24.1 Å². The van der Waals surface area contributed by atoms with Crippen LogP contribution in [0.1, 0.15) is 60.3 Å². The van der Waals surface area contributed by atoms with Gasteiger partial charge in [-0.25, -0.2) is 0 Å². The van der Waals surface area contributed by atoms with Gasteiger partial charge in [-0.1, -0.05) is 48.9 Å². The number of hydrogen-bond donors (Lipinski definition) is 1. The maximum atomic E-state index is 13.5. The summed E-state index contributed by atoms with van der Waals surface area (Å²) in [6.07, 6.45) is 5.59. The maximum Gasteiger partial charge on any atom is 0.227 e. The molecule has 2 saturated heterocycles. The summed E-state index contributed by atoms with van der Waals surface area (Å²) in [7, 11) is 1.56. The first-order chi connectivity index (χ1) is 20.6. The van der Waals surface area contributed by atoms with Crippen LogP contribution in [0.5, 0.6) is 17.5 Å². The Labute approximate surface area is 245 Å². The topological polar surface area (TPSA) is 97.1 Å². The maximum absolute atomic E-state index is 13.5. The van der Waals surface area contributed by atoms with Crippen LogP contribution in [0.15, 0.2) is 60.7 Å². The average Bonchev–Trinajstić information content (AvgIpc) is 3.48. The van der Waals surface area contributed by atoms with E-state index in [2.05, 4.69) is 40.2 Å². The molecule has 7 atom stereocenters. The predicted octanol–water partition coefficient (Wildman–Crippen LogP) is 4.65. The van der Waals surface area contributed by atoms with Crippen LogP contribution in [0.4, 0.5) is 0 Å². The van der Waals surface area contributed by atoms with Gasteiger partial charge in [0.25, 0.3) is 0 Å². The molecule has 42 heavy (non-hydrogen) atoms. The van der Waals surface area contributed by atoms with Gasteiger partial charge in [-0.3, -0.25) is 4.90 Å². The number of aromatic nitrogens is 1. The number of nitrogens with zero attached hydrogens (tertiary/aromatic N) is 3. The number of benzene rings is 2. The lowest BCUT2D eigenvalue weighted by Gasteiger charge is -2.42. The summed E-state index contributed by atoms with van der Waals surface area (Å²) in [5, 5.41) is 23.1. The Bertz CT molecular complexity index is 1530. The molecule has 2 aromatic carbocycles. The molecule has 216 valence electrons. The van der Waals surface area contributed by atoms with Gasteiger partial charge in [0, 0.05) is 36.5 Å². The van der Waals surface area contributed by atoms with Gasteiger partial charge in [-0.05, 0) is 48.9 Å². The van der Waals surface area contributed by atoms with E-state index in [9.17, 15) is 10.4 Å². The lowest BCUT2D eigenvalue weighted by Crippen LogP contribution is -2.53. The second-order valence-electron chi connectivity index (χ2n) is 12.3. The van der Waals surface area contributed by atoms with Crippen molar-refractivity contribution in [3.8, 4) is 23.6 Å². The SMILES string of the molecule is COc1cc2c3c(n1)OCCO[C@@H]1[C@H](CN4[C@@H]5CCC[C@H]4CC5)[C@@H](c4ccccc4)[C@](c4ccc(C#N)cc4)(O2)[C@]31O. The van der Waals surface area contributed by atoms with Gasteiger partial charge in [0.05, 0.1) is 30.9 Å². The Balaban J connectivity index is 1.40. The highest BCUT2D eigenvalue weighted by atomic mass is 16.6. The van der Waals surface area contributed by atoms with Gasteiger partial charge < -0.3 is 24.1 Å². The van der Waals surface area contributed by atoms with E-state index < -0.39 is 17.3 Å². The van der Waals surface area contributed by atoms with Gasteiger partial charge in [0.15, 0.2) is 11.2 Å². The number of rotatable bonds is 5. The Morgan fingerprint density at radius 1 is 1.05 bits per heavy atom. The first-order valence-electron chi connectivity index (χ1n) is 15.1. The van der Waals surface area contributed by atoms with Crippen LogP contribution in [-0.2, 0) is 15.9 Å². The van der Waals surface area contributed by atoms with E-state index in [4.69, 9.17) is 18.9 Å². The van der Waals surface area contributed by atoms with Crippen molar-refractivity contribution in [1.29, 1.82) is 5.26 Å². The van der Waals surface area contributed by atoms with E-state index in [0.717, 1.165) is 17.7 Å². The fourth-order valence-corrected chi connectivity index (χ4v) is 8.91. The van der Waals surface area contributed by atoms with E-state index in [0.29, 0.717) is 53.9 Å². The Hall–Kier alpha value is -3.64. The second-order valence-corrected chi connectivity index (χ2v) is 12.3. The molecule has 5 heterocycles. The molecule has 1 aromatic heterocycles. The first-order valence-corrected chi connectivity index (χ1v) is 15.1. The van der Waals surface area contributed by atoms with Crippen LogP contribution in [0.3, 0.4) is 0 Å². The zero-order chi connectivity index (χ0) is 28.5. The summed E-state index contributed by atoms with van der Waals surface area (Å²) in [5.41, 5.74) is 0.0465. The molecule has 8 nitrogen and oxygen atoms in total. The molecule has 5 aliphatic rings. The number of fused-ring (bicyclic) bond motifs is 2. The van der Waals surface area contributed by atoms with Crippen molar-refractivity contribution in [3.05, 3.63) is 82.9 Å². The summed E-state index contributed by atoms with van der Waals surface area (Å²) in [5.74, 6) is 0.804. The van der Waals surface area contributed by atoms with Crippen LogP contribution in [-0.4, -0.2) is 60.0 Å². The largest absolute Gasteiger partial charge is 0.481 e. The monoisotopic (exact) mass is 565 g/mol. The molecule has 1 saturated carbocycles. The fourth-order valence-electron chi connectivity index (χ4n) is 8.91. The van der Waals surface area contributed by atoms with Crippen molar-refractivity contribution in [1.82, 2.24) is 9.88 Å². The summed E-state index contributed by atoms with van der Waals surface area (Å²) in [4.78, 5) is 7.36. The van der Waals surface area contributed by atoms with Crippen molar-refractivity contribution in [2.45, 2.75) is 67.4 Å². The molecule has 0 radical (unpaired) electrons. The van der Waals surface area contributed by atoms with E-state index in [1.54, 1.807) is 25.3 Å². The van der Waals surface area contributed by atoms with E-state index in [-0.39, 0.29) is 11.8 Å². The minimum Gasteiger partial charge on any atom is -0.481 e. The number of hydrogen-bond acceptors (Lipinski definition) is 8. The number of methoxy groups -OCH3 is 1. The van der Waals surface area contributed by atoms with Crippen molar-refractivity contribution in [2.75, 3.05) is 26.9 Å². The van der Waals surface area contributed by atoms with E-state index in [1.165, 1.54) is 32.1 Å². The van der Waals surface area contributed by atoms with Crippen molar-refractivity contribution in [3.63, 3.8) is 0 Å². The molecular formula is C34H35N3O5. The zero-order valence-corrected chi connectivity index (χ0v) is 23.7. The number of nitriles is 1. The van der Waals surface area contributed by atoms with Gasteiger partial charge in [-0.2, -0.15) is 10.2 Å². The van der Waals surface area contributed by atoms with Crippen LogP contribution in [0, 0.1) is 17.2 Å². The van der Waals surface area contributed by atoms with Crippen molar-refractivity contribution in [2.24, 2.45) is 5.92 Å². The van der Waals surface area contributed by atoms with E-state index in [1.807, 2.05) is 18.2 Å². The molecule has 1 aliphatic carbocycles. The molecule has 3 fully saturated rings. The predicted molar refractivity (Wildman–Crippen MR) is 153 cm³/mol. The molecule has 0 unspecified atom stereocenters. The summed E-state index contributed by atoms with van der Waals surface area (Å²) >= 11 is 0. The summed E-state index contributed by atoms with van der Waals surface area (Å²) < 4.78 is 25.5. The normalized spacial score (nSPS) is 34.5. The molecule has 8 rings (SSSR count). The summed E-state index contributed by atoms with van der Waals surface area (Å²) in [6.45, 7) is 1.42. The highest BCUT2D eigenvalue weighted by molar-refractivity contribution is 5.60. The summed E-state index contributed by atoms with van der Waals surface area (Å²) in [6, 6.07) is 22.9. The molecule has 1 N–H and O–H groups in total. The smallest absolute Gasteiger partial charge is 0.227 e. The van der Waals surface area contributed by atoms with Gasteiger partial charge >= 0.3 is 0 Å². The Morgan fingerprint density at radius 3 is 2.52 bits per heavy atom. The molecule has 3 aromatic rings. The number of aliphatic hydroxyl groups is 1. The third-order valence-corrected chi connectivity index (χ3v) is 10.5. The van der Waals surface area contributed by atoms with Crippen LogP contribution in [0.2, 0.25) is 0 Å². The van der Waals surface area contributed by atoms with Crippen LogP contribution < -0.4 is 14.2 Å². The first kappa shape index (κ1) is 26.0.